The third-order valence-corrected chi connectivity index (χ3v) is 5.20. The summed E-state index contributed by atoms with van der Waals surface area (Å²) in [5.41, 5.74) is 0.466. The highest BCUT2D eigenvalue weighted by Gasteiger charge is 2.35. The lowest BCUT2D eigenvalue weighted by molar-refractivity contribution is -0.137. The Morgan fingerprint density at radius 2 is 1.59 bits per heavy atom. The molecule has 8 heteroatoms. The fourth-order valence-electron chi connectivity index (χ4n) is 3.41. The number of piperazine rings is 1. The number of halogens is 4. The first kappa shape index (κ1) is 18.0. The van der Waals surface area contributed by atoms with Gasteiger partial charge >= 0.3 is 6.18 Å². The maximum atomic E-state index is 13.4. The summed E-state index contributed by atoms with van der Waals surface area (Å²) in [5.74, 6) is 0.826. The Bertz CT molecular complexity index is 963. The number of nitrogens with zero attached hydrogens (tertiary/aromatic N) is 4. The summed E-state index contributed by atoms with van der Waals surface area (Å²) in [4.78, 5) is 12.6. The molecule has 0 aliphatic carbocycles. The lowest BCUT2D eigenvalue weighted by atomic mass is 10.1. The Labute approximate surface area is 162 Å². The third kappa shape index (κ3) is 3.58. The van der Waals surface area contributed by atoms with Crippen LogP contribution in [0, 0.1) is 0 Å². The molecule has 0 saturated carbocycles. The standard InChI is InChI=1S/C19H16BrF3N4/c20-13-5-6-17(15(11-13)19(21,22)23)26-7-9-27(10-8-26)18-14-3-1-2-4-16(14)24-12-25-18/h1-6,11-12H,7-10H2. The molecule has 2 heterocycles. The molecule has 4 nitrogen and oxygen atoms in total. The molecule has 140 valence electrons. The predicted octanol–water partition coefficient (Wildman–Crippen LogP) is 4.74. The predicted molar refractivity (Wildman–Crippen MR) is 103 cm³/mol. The Balaban J connectivity index is 1.58. The van der Waals surface area contributed by atoms with Gasteiger partial charge in [0.2, 0.25) is 0 Å². The molecule has 0 spiro atoms. The van der Waals surface area contributed by atoms with Crippen LogP contribution in [0.3, 0.4) is 0 Å². The molecular weight excluding hydrogens is 421 g/mol. The molecule has 0 unspecified atom stereocenters. The molecular formula is C19H16BrF3N4. The third-order valence-electron chi connectivity index (χ3n) is 4.71. The van der Waals surface area contributed by atoms with Crippen molar-refractivity contribution in [3.8, 4) is 0 Å². The normalized spacial score (nSPS) is 15.4. The zero-order valence-corrected chi connectivity index (χ0v) is 15.8. The van der Waals surface area contributed by atoms with Gasteiger partial charge in [0.05, 0.1) is 11.1 Å². The van der Waals surface area contributed by atoms with Crippen LogP contribution in [-0.2, 0) is 6.18 Å². The van der Waals surface area contributed by atoms with Gasteiger partial charge < -0.3 is 9.80 Å². The number of hydrogen-bond donors (Lipinski definition) is 0. The van der Waals surface area contributed by atoms with Gasteiger partial charge in [0.1, 0.15) is 12.1 Å². The van der Waals surface area contributed by atoms with Crippen molar-refractivity contribution in [1.82, 2.24) is 9.97 Å². The molecule has 1 aliphatic heterocycles. The van der Waals surface area contributed by atoms with E-state index in [9.17, 15) is 13.2 Å². The van der Waals surface area contributed by atoms with Crippen LogP contribution in [0.15, 0.2) is 53.3 Å². The van der Waals surface area contributed by atoms with Gasteiger partial charge in [0.25, 0.3) is 0 Å². The van der Waals surface area contributed by atoms with E-state index in [0.717, 1.165) is 22.8 Å². The van der Waals surface area contributed by atoms with Crippen molar-refractivity contribution in [2.24, 2.45) is 0 Å². The number of hydrogen-bond acceptors (Lipinski definition) is 4. The Hall–Kier alpha value is -2.35. The highest BCUT2D eigenvalue weighted by molar-refractivity contribution is 9.10. The molecule has 1 saturated heterocycles. The van der Waals surface area contributed by atoms with Crippen LogP contribution < -0.4 is 9.80 Å². The Morgan fingerprint density at radius 3 is 2.33 bits per heavy atom. The lowest BCUT2D eigenvalue weighted by Crippen LogP contribution is -2.47. The van der Waals surface area contributed by atoms with E-state index in [1.807, 2.05) is 24.3 Å². The molecule has 2 aromatic carbocycles. The maximum absolute atomic E-state index is 13.4. The summed E-state index contributed by atoms with van der Waals surface area (Å²) in [6, 6.07) is 12.1. The summed E-state index contributed by atoms with van der Waals surface area (Å²) in [7, 11) is 0. The number of aromatic nitrogens is 2. The number of anilines is 2. The quantitative estimate of drug-likeness (QED) is 0.580. The number of para-hydroxylation sites is 1. The van der Waals surface area contributed by atoms with Gasteiger partial charge in [0.15, 0.2) is 0 Å². The summed E-state index contributed by atoms with van der Waals surface area (Å²) >= 11 is 3.13. The molecule has 1 aromatic heterocycles. The molecule has 3 aromatic rings. The van der Waals surface area contributed by atoms with Crippen molar-refractivity contribution in [2.45, 2.75) is 6.18 Å². The minimum absolute atomic E-state index is 0.220. The van der Waals surface area contributed by atoms with Gasteiger partial charge in [-0.1, -0.05) is 28.1 Å². The van der Waals surface area contributed by atoms with E-state index in [1.54, 1.807) is 11.0 Å². The monoisotopic (exact) mass is 436 g/mol. The van der Waals surface area contributed by atoms with E-state index in [4.69, 9.17) is 0 Å². The van der Waals surface area contributed by atoms with E-state index in [0.29, 0.717) is 30.7 Å². The molecule has 1 aliphatic rings. The van der Waals surface area contributed by atoms with Crippen molar-refractivity contribution in [1.29, 1.82) is 0 Å². The van der Waals surface area contributed by atoms with Crippen molar-refractivity contribution >= 4 is 38.3 Å². The van der Waals surface area contributed by atoms with E-state index < -0.39 is 11.7 Å². The minimum Gasteiger partial charge on any atom is -0.367 e. The Kier molecular flexibility index (Phi) is 4.67. The molecule has 27 heavy (non-hydrogen) atoms. The minimum atomic E-state index is -4.39. The molecule has 0 bridgehead atoms. The summed E-state index contributed by atoms with van der Waals surface area (Å²) in [6.45, 7) is 2.16. The Morgan fingerprint density at radius 1 is 0.889 bits per heavy atom. The molecule has 4 rings (SSSR count). The second-order valence-corrected chi connectivity index (χ2v) is 7.26. The molecule has 0 amide bonds. The maximum Gasteiger partial charge on any atom is 0.418 e. The second kappa shape index (κ2) is 6.99. The molecule has 0 N–H and O–H groups in total. The average Bonchev–Trinajstić information content (AvgIpc) is 2.67. The summed E-state index contributed by atoms with van der Waals surface area (Å²) in [5, 5.41) is 0.952. The van der Waals surface area contributed by atoms with Crippen molar-refractivity contribution in [3.63, 3.8) is 0 Å². The highest BCUT2D eigenvalue weighted by atomic mass is 79.9. The van der Waals surface area contributed by atoms with Gasteiger partial charge in [-0.3, -0.25) is 0 Å². The van der Waals surface area contributed by atoms with Crippen molar-refractivity contribution in [2.75, 3.05) is 36.0 Å². The van der Waals surface area contributed by atoms with Gasteiger partial charge in [-0.15, -0.1) is 0 Å². The lowest BCUT2D eigenvalue weighted by Gasteiger charge is -2.38. The van der Waals surface area contributed by atoms with Crippen LogP contribution in [-0.4, -0.2) is 36.1 Å². The second-order valence-electron chi connectivity index (χ2n) is 6.35. The van der Waals surface area contributed by atoms with Crippen LogP contribution in [0.5, 0.6) is 0 Å². The van der Waals surface area contributed by atoms with Crippen LogP contribution in [0.1, 0.15) is 5.56 Å². The first-order chi connectivity index (χ1) is 12.9. The van der Waals surface area contributed by atoms with Gasteiger partial charge in [-0.2, -0.15) is 13.2 Å². The van der Waals surface area contributed by atoms with Gasteiger partial charge in [0, 0.05) is 41.7 Å². The first-order valence-corrected chi connectivity index (χ1v) is 9.29. The van der Waals surface area contributed by atoms with Crippen LogP contribution in [0.2, 0.25) is 0 Å². The number of rotatable bonds is 2. The fourth-order valence-corrected chi connectivity index (χ4v) is 3.77. The SMILES string of the molecule is FC(F)(F)c1cc(Br)ccc1N1CCN(c2ncnc3ccccc23)CC1. The zero-order chi connectivity index (χ0) is 19.0. The smallest absolute Gasteiger partial charge is 0.367 e. The van der Waals surface area contributed by atoms with Gasteiger partial charge in [-0.25, -0.2) is 9.97 Å². The topological polar surface area (TPSA) is 32.3 Å². The summed E-state index contributed by atoms with van der Waals surface area (Å²) in [6.07, 6.45) is -2.86. The van der Waals surface area contributed by atoms with Crippen LogP contribution in [0.25, 0.3) is 10.9 Å². The van der Waals surface area contributed by atoms with Gasteiger partial charge in [-0.05, 0) is 30.3 Å². The van der Waals surface area contributed by atoms with Crippen LogP contribution >= 0.6 is 15.9 Å². The number of benzene rings is 2. The largest absolute Gasteiger partial charge is 0.418 e. The molecule has 0 atom stereocenters. The zero-order valence-electron chi connectivity index (χ0n) is 14.2. The van der Waals surface area contributed by atoms with E-state index >= 15 is 0 Å². The number of fused-ring (bicyclic) bond motifs is 1. The van der Waals surface area contributed by atoms with E-state index in [-0.39, 0.29) is 5.69 Å². The highest BCUT2D eigenvalue weighted by Crippen LogP contribution is 2.38. The van der Waals surface area contributed by atoms with E-state index in [1.165, 1.54) is 12.4 Å². The van der Waals surface area contributed by atoms with Crippen molar-refractivity contribution < 1.29 is 13.2 Å². The first-order valence-electron chi connectivity index (χ1n) is 8.50. The van der Waals surface area contributed by atoms with Crippen molar-refractivity contribution in [3.05, 3.63) is 58.8 Å². The number of alkyl halides is 3. The average molecular weight is 437 g/mol. The van der Waals surface area contributed by atoms with E-state index in [2.05, 4.69) is 30.8 Å². The fraction of sp³-hybridized carbons (Fsp3) is 0.263. The molecule has 1 fully saturated rings. The summed E-state index contributed by atoms with van der Waals surface area (Å²) < 4.78 is 40.7. The molecule has 0 radical (unpaired) electrons. The van der Waals surface area contributed by atoms with Crippen LogP contribution in [0.4, 0.5) is 24.7 Å².